The third kappa shape index (κ3) is 5.31. The average molecular weight is 230 g/mol. The highest BCUT2D eigenvalue weighted by Gasteiger charge is 2.29. The van der Waals surface area contributed by atoms with Gasteiger partial charge < -0.3 is 0 Å². The Morgan fingerprint density at radius 3 is 2.44 bits per heavy atom. The number of carbonyl (C=O) groups is 1. The highest BCUT2D eigenvalue weighted by molar-refractivity contribution is 5.94. The van der Waals surface area contributed by atoms with Crippen LogP contribution in [0.5, 0.6) is 0 Å². The summed E-state index contributed by atoms with van der Waals surface area (Å²) in [5, 5.41) is 0. The van der Waals surface area contributed by atoms with Gasteiger partial charge in [0.25, 0.3) is 0 Å². The molecule has 0 amide bonds. The van der Waals surface area contributed by atoms with Crippen LogP contribution < -0.4 is 0 Å². The largest absolute Gasteiger partial charge is 0.522 e. The second-order valence-corrected chi connectivity index (χ2v) is 2.94. The van der Waals surface area contributed by atoms with Gasteiger partial charge in [0, 0.05) is 0 Å². The van der Waals surface area contributed by atoms with Gasteiger partial charge in [-0.2, -0.15) is 0 Å². The van der Waals surface area contributed by atoms with Crippen molar-refractivity contribution in [3.8, 4) is 0 Å². The normalized spacial score (nSPS) is 11.9. The van der Waals surface area contributed by atoms with Gasteiger partial charge in [-0.3, -0.25) is 9.53 Å². The number of alkyl halides is 3. The topological polar surface area (TPSA) is 26.3 Å². The minimum Gasteiger partial charge on any atom is -0.292 e. The predicted molar refractivity (Wildman–Crippen MR) is 52.5 cm³/mol. The molecule has 1 aromatic rings. The zero-order valence-corrected chi connectivity index (χ0v) is 8.20. The summed E-state index contributed by atoms with van der Waals surface area (Å²) >= 11 is 0. The van der Waals surface area contributed by atoms with Gasteiger partial charge in [0.1, 0.15) is 6.61 Å². The van der Waals surface area contributed by atoms with E-state index in [-0.39, 0.29) is 0 Å². The number of benzene rings is 1. The lowest BCUT2D eigenvalue weighted by Gasteiger charge is -2.03. The molecule has 2 nitrogen and oxygen atoms in total. The van der Waals surface area contributed by atoms with E-state index in [1.165, 1.54) is 6.08 Å². The number of halogens is 3. The molecule has 0 aromatic heterocycles. The molecule has 0 heterocycles. The van der Waals surface area contributed by atoms with E-state index in [1.54, 1.807) is 30.3 Å². The number of hydrogen-bond donors (Lipinski definition) is 0. The summed E-state index contributed by atoms with van der Waals surface area (Å²) < 4.78 is 38.1. The molecule has 16 heavy (non-hydrogen) atoms. The lowest BCUT2D eigenvalue weighted by atomic mass is 10.2. The maximum absolute atomic E-state index is 11.6. The molecule has 0 aliphatic heterocycles. The van der Waals surface area contributed by atoms with Crippen molar-refractivity contribution in [2.45, 2.75) is 6.36 Å². The van der Waals surface area contributed by atoms with Crippen molar-refractivity contribution < 1.29 is 22.7 Å². The summed E-state index contributed by atoms with van der Waals surface area (Å²) in [5.74, 6) is -0.735. The molecule has 0 atom stereocenters. The molecule has 0 radical (unpaired) electrons. The average Bonchev–Trinajstić information content (AvgIpc) is 2.24. The van der Waals surface area contributed by atoms with Crippen molar-refractivity contribution in [3.05, 3.63) is 42.0 Å². The molecular formula is C11H9F3O2. The van der Waals surface area contributed by atoms with Crippen molar-refractivity contribution >= 4 is 11.9 Å². The molecule has 0 spiro atoms. The number of carbonyl (C=O) groups excluding carboxylic acids is 1. The first-order valence-corrected chi connectivity index (χ1v) is 4.44. The fourth-order valence-corrected chi connectivity index (χ4v) is 0.954. The molecule has 0 N–H and O–H groups in total. The van der Waals surface area contributed by atoms with Gasteiger partial charge in [0.2, 0.25) is 0 Å². The van der Waals surface area contributed by atoms with Crippen molar-refractivity contribution in [1.82, 2.24) is 0 Å². The second-order valence-electron chi connectivity index (χ2n) is 2.94. The van der Waals surface area contributed by atoms with E-state index >= 15 is 0 Å². The van der Waals surface area contributed by atoms with Crippen LogP contribution in [0.3, 0.4) is 0 Å². The Morgan fingerprint density at radius 1 is 1.25 bits per heavy atom. The lowest BCUT2D eigenvalue weighted by molar-refractivity contribution is -0.320. The molecule has 0 saturated heterocycles. The zero-order valence-electron chi connectivity index (χ0n) is 8.20. The molecule has 0 saturated carbocycles. The molecule has 1 aromatic carbocycles. The molecular weight excluding hydrogens is 221 g/mol. The SMILES string of the molecule is O=C(C=Cc1ccccc1)COC(F)(F)F. The first-order chi connectivity index (χ1) is 7.47. The predicted octanol–water partition coefficient (Wildman–Crippen LogP) is 2.81. The maximum atomic E-state index is 11.6. The van der Waals surface area contributed by atoms with E-state index in [4.69, 9.17) is 0 Å². The summed E-state index contributed by atoms with van der Waals surface area (Å²) in [7, 11) is 0. The van der Waals surface area contributed by atoms with Crippen LogP contribution in [-0.2, 0) is 9.53 Å². The Kier molecular flexibility index (Phi) is 4.25. The molecule has 1 rings (SSSR count). The van der Waals surface area contributed by atoms with Crippen molar-refractivity contribution in [2.24, 2.45) is 0 Å². The van der Waals surface area contributed by atoms with E-state index in [1.807, 2.05) is 0 Å². The molecule has 0 aliphatic rings. The Morgan fingerprint density at radius 2 is 1.88 bits per heavy atom. The first kappa shape index (κ1) is 12.4. The quantitative estimate of drug-likeness (QED) is 0.743. The van der Waals surface area contributed by atoms with Gasteiger partial charge in [0.05, 0.1) is 0 Å². The second kappa shape index (κ2) is 5.46. The molecule has 0 fully saturated rings. The summed E-state index contributed by atoms with van der Waals surface area (Å²) in [6.07, 6.45) is -2.28. The highest BCUT2D eigenvalue weighted by atomic mass is 19.4. The Hall–Kier alpha value is -1.62. The third-order valence-electron chi connectivity index (χ3n) is 1.64. The van der Waals surface area contributed by atoms with Crippen LogP contribution in [0, 0.1) is 0 Å². The smallest absolute Gasteiger partial charge is 0.292 e. The molecule has 0 aliphatic carbocycles. The van der Waals surface area contributed by atoms with Gasteiger partial charge >= 0.3 is 6.36 Å². The summed E-state index contributed by atoms with van der Waals surface area (Å²) in [5.41, 5.74) is 0.739. The number of hydrogen-bond acceptors (Lipinski definition) is 2. The highest BCUT2D eigenvalue weighted by Crippen LogP contribution is 2.15. The van der Waals surface area contributed by atoms with Crippen LogP contribution in [0.2, 0.25) is 0 Å². The lowest BCUT2D eigenvalue weighted by Crippen LogP contribution is -2.18. The summed E-state index contributed by atoms with van der Waals surface area (Å²) in [6, 6.07) is 8.78. The van der Waals surface area contributed by atoms with E-state index < -0.39 is 18.8 Å². The molecule has 5 heteroatoms. The molecule has 86 valence electrons. The third-order valence-corrected chi connectivity index (χ3v) is 1.64. The summed E-state index contributed by atoms with van der Waals surface area (Å²) in [6.45, 7) is -0.993. The van der Waals surface area contributed by atoms with Crippen molar-refractivity contribution in [1.29, 1.82) is 0 Å². The standard InChI is InChI=1S/C11H9F3O2/c12-11(13,14)16-8-10(15)7-6-9-4-2-1-3-5-9/h1-7H,8H2. The van der Waals surface area contributed by atoms with E-state index in [0.717, 1.165) is 11.6 Å². The fraction of sp³-hybridized carbons (Fsp3) is 0.182. The molecule has 0 unspecified atom stereocenters. The van der Waals surface area contributed by atoms with Gasteiger partial charge in [0.15, 0.2) is 5.78 Å². The van der Waals surface area contributed by atoms with E-state index in [2.05, 4.69) is 4.74 Å². The van der Waals surface area contributed by atoms with Crippen molar-refractivity contribution in [2.75, 3.05) is 6.61 Å². The Labute approximate surface area is 90.3 Å². The minimum absolute atomic E-state index is 0.735. The Bertz CT molecular complexity index is 369. The first-order valence-electron chi connectivity index (χ1n) is 4.44. The van der Waals surface area contributed by atoms with Crippen LogP contribution >= 0.6 is 0 Å². The monoisotopic (exact) mass is 230 g/mol. The maximum Gasteiger partial charge on any atom is 0.522 e. The zero-order chi connectivity index (χ0) is 12.0. The van der Waals surface area contributed by atoms with Crippen LogP contribution in [0.25, 0.3) is 6.08 Å². The van der Waals surface area contributed by atoms with Gasteiger partial charge in [-0.25, -0.2) is 0 Å². The van der Waals surface area contributed by atoms with E-state index in [0.29, 0.717) is 0 Å². The van der Waals surface area contributed by atoms with Gasteiger partial charge in [-0.05, 0) is 11.6 Å². The van der Waals surface area contributed by atoms with Crippen LogP contribution in [0.15, 0.2) is 36.4 Å². The fourth-order valence-electron chi connectivity index (χ4n) is 0.954. The van der Waals surface area contributed by atoms with Gasteiger partial charge in [-0.1, -0.05) is 36.4 Å². The number of rotatable bonds is 4. The van der Waals surface area contributed by atoms with Gasteiger partial charge in [-0.15, -0.1) is 13.2 Å². The van der Waals surface area contributed by atoms with Crippen molar-refractivity contribution in [3.63, 3.8) is 0 Å². The number of ketones is 1. The summed E-state index contributed by atoms with van der Waals surface area (Å²) in [4.78, 5) is 11.0. The van der Waals surface area contributed by atoms with Crippen LogP contribution in [-0.4, -0.2) is 18.8 Å². The Balaban J connectivity index is 2.43. The van der Waals surface area contributed by atoms with E-state index in [9.17, 15) is 18.0 Å². The van der Waals surface area contributed by atoms with Crippen LogP contribution in [0.4, 0.5) is 13.2 Å². The number of ether oxygens (including phenoxy) is 1. The molecule has 0 bridgehead atoms. The minimum atomic E-state index is -4.77. The van der Waals surface area contributed by atoms with Crippen LogP contribution in [0.1, 0.15) is 5.56 Å².